The van der Waals surface area contributed by atoms with Crippen LogP contribution in [0, 0.1) is 6.92 Å². The highest BCUT2D eigenvalue weighted by Gasteiger charge is 2.24. The molecule has 26 heavy (non-hydrogen) atoms. The van der Waals surface area contributed by atoms with Crippen molar-refractivity contribution in [2.24, 2.45) is 7.05 Å². The van der Waals surface area contributed by atoms with E-state index in [-0.39, 0.29) is 18.6 Å². The second-order valence-corrected chi connectivity index (χ2v) is 6.57. The molecule has 6 nitrogen and oxygen atoms in total. The first kappa shape index (κ1) is 18.5. The number of hydrogen-bond acceptors (Lipinski definition) is 4. The van der Waals surface area contributed by atoms with E-state index in [1.807, 2.05) is 50.5 Å². The molecule has 0 spiro atoms. The Morgan fingerprint density at radius 3 is 2.69 bits per heavy atom. The molecule has 6 heteroatoms. The zero-order chi connectivity index (χ0) is 18.4. The fourth-order valence-electron chi connectivity index (χ4n) is 3.25. The average molecular weight is 357 g/mol. The molecule has 1 aromatic carbocycles. The fraction of sp³-hybridized carbons (Fsp3) is 0.450. The van der Waals surface area contributed by atoms with Crippen molar-refractivity contribution in [3.05, 3.63) is 53.9 Å². The lowest BCUT2D eigenvalue weighted by Gasteiger charge is -2.35. The zero-order valence-electron chi connectivity index (χ0n) is 15.5. The maximum atomic E-state index is 12.3. The summed E-state index contributed by atoms with van der Waals surface area (Å²) in [7, 11) is 2.03. The molecule has 1 atom stereocenters. The summed E-state index contributed by atoms with van der Waals surface area (Å²) in [6, 6.07) is 12.0. The summed E-state index contributed by atoms with van der Waals surface area (Å²) in [5, 5.41) is 3.03. The quantitative estimate of drug-likeness (QED) is 0.822. The first-order chi connectivity index (χ1) is 12.6. The summed E-state index contributed by atoms with van der Waals surface area (Å²) < 4.78 is 13.2. The van der Waals surface area contributed by atoms with E-state index in [0.29, 0.717) is 6.54 Å². The number of nitrogens with zero attached hydrogens (tertiary/aromatic N) is 2. The number of benzene rings is 1. The molecule has 140 valence electrons. The summed E-state index contributed by atoms with van der Waals surface area (Å²) in [6.45, 7) is 5.73. The highest BCUT2D eigenvalue weighted by molar-refractivity contribution is 5.77. The number of aryl methyl sites for hydroxylation is 2. The third-order valence-corrected chi connectivity index (χ3v) is 4.76. The van der Waals surface area contributed by atoms with Crippen LogP contribution in [-0.2, 0) is 16.6 Å². The molecular weight excluding hydrogens is 330 g/mol. The number of nitrogens with one attached hydrogen (secondary N) is 1. The van der Waals surface area contributed by atoms with Crippen molar-refractivity contribution in [1.82, 2.24) is 14.8 Å². The molecule has 1 aliphatic heterocycles. The van der Waals surface area contributed by atoms with E-state index in [4.69, 9.17) is 9.47 Å². The smallest absolute Gasteiger partial charge is 0.258 e. The average Bonchev–Trinajstić information content (AvgIpc) is 3.08. The van der Waals surface area contributed by atoms with Gasteiger partial charge in [-0.05, 0) is 30.7 Å². The van der Waals surface area contributed by atoms with Gasteiger partial charge in [-0.2, -0.15) is 0 Å². The Morgan fingerprint density at radius 2 is 2.00 bits per heavy atom. The van der Waals surface area contributed by atoms with E-state index in [0.717, 1.165) is 37.6 Å². The summed E-state index contributed by atoms with van der Waals surface area (Å²) in [6.07, 6.45) is 2.03. The second-order valence-electron chi connectivity index (χ2n) is 6.57. The highest BCUT2D eigenvalue weighted by atomic mass is 16.5. The van der Waals surface area contributed by atoms with E-state index >= 15 is 0 Å². The van der Waals surface area contributed by atoms with Gasteiger partial charge < -0.3 is 19.4 Å². The largest absolute Gasteiger partial charge is 0.484 e. The van der Waals surface area contributed by atoms with E-state index < -0.39 is 0 Å². The summed E-state index contributed by atoms with van der Waals surface area (Å²) in [5.74, 6) is 0.635. The summed E-state index contributed by atoms with van der Waals surface area (Å²) >= 11 is 0. The Labute approximate surface area is 154 Å². The van der Waals surface area contributed by atoms with Gasteiger partial charge in [-0.1, -0.05) is 18.2 Å². The second kappa shape index (κ2) is 8.87. The van der Waals surface area contributed by atoms with E-state index in [1.165, 1.54) is 5.69 Å². The molecular formula is C20H27N3O3. The van der Waals surface area contributed by atoms with Gasteiger partial charge in [0.1, 0.15) is 5.75 Å². The van der Waals surface area contributed by atoms with Crippen LogP contribution >= 0.6 is 0 Å². The van der Waals surface area contributed by atoms with Crippen molar-refractivity contribution in [3.8, 4) is 5.75 Å². The molecule has 1 N–H and O–H groups in total. The van der Waals surface area contributed by atoms with Crippen LogP contribution in [0.25, 0.3) is 0 Å². The number of amides is 1. The Balaban J connectivity index is 1.57. The number of ether oxygens (including phenoxy) is 2. The van der Waals surface area contributed by atoms with Crippen molar-refractivity contribution in [2.75, 3.05) is 39.5 Å². The monoisotopic (exact) mass is 357 g/mol. The molecule has 2 aromatic rings. The number of aromatic nitrogens is 1. The highest BCUT2D eigenvalue weighted by Crippen LogP contribution is 2.21. The molecule has 1 aliphatic rings. The number of carbonyl (C=O) groups excluding carboxylic acids is 1. The van der Waals surface area contributed by atoms with E-state index in [9.17, 15) is 4.79 Å². The van der Waals surface area contributed by atoms with Gasteiger partial charge >= 0.3 is 0 Å². The Morgan fingerprint density at radius 1 is 1.23 bits per heavy atom. The maximum absolute atomic E-state index is 12.3. The minimum absolute atomic E-state index is 0.0216. The lowest BCUT2D eigenvalue weighted by atomic mass is 10.1. The normalized spacial score (nSPS) is 16.2. The summed E-state index contributed by atoms with van der Waals surface area (Å²) in [4.78, 5) is 14.6. The molecule has 1 fully saturated rings. The van der Waals surface area contributed by atoms with Gasteiger partial charge in [0.25, 0.3) is 5.91 Å². The standard InChI is InChI=1S/C20H27N3O3/c1-16-6-3-4-8-19(16)26-15-20(24)21-14-18(17-7-5-9-22(17)2)23-10-12-25-13-11-23/h3-9,18H,10-15H2,1-2H3,(H,21,24)/t18-/m1/s1. The van der Waals surface area contributed by atoms with Gasteiger partial charge in [-0.3, -0.25) is 9.69 Å². The molecule has 0 unspecified atom stereocenters. The Hall–Kier alpha value is -2.31. The minimum Gasteiger partial charge on any atom is -0.484 e. The number of carbonyl (C=O) groups is 1. The van der Waals surface area contributed by atoms with Gasteiger partial charge in [-0.25, -0.2) is 0 Å². The number of hydrogen-bond donors (Lipinski definition) is 1. The molecule has 0 radical (unpaired) electrons. The Kier molecular flexibility index (Phi) is 6.30. The number of para-hydroxylation sites is 1. The third kappa shape index (κ3) is 4.65. The summed E-state index contributed by atoms with van der Waals surface area (Å²) in [5.41, 5.74) is 2.21. The lowest BCUT2D eigenvalue weighted by molar-refractivity contribution is -0.123. The zero-order valence-corrected chi connectivity index (χ0v) is 15.5. The van der Waals surface area contributed by atoms with Crippen LogP contribution in [0.4, 0.5) is 0 Å². The van der Waals surface area contributed by atoms with Crippen LogP contribution in [0.2, 0.25) is 0 Å². The predicted octanol–water partition coefficient (Wildman–Crippen LogP) is 1.90. The lowest BCUT2D eigenvalue weighted by Crippen LogP contribution is -2.45. The molecule has 0 saturated carbocycles. The minimum atomic E-state index is -0.110. The predicted molar refractivity (Wildman–Crippen MR) is 100 cm³/mol. The molecule has 1 aromatic heterocycles. The van der Waals surface area contributed by atoms with Crippen LogP contribution in [-0.4, -0.2) is 54.8 Å². The van der Waals surface area contributed by atoms with Crippen LogP contribution in [0.5, 0.6) is 5.75 Å². The SMILES string of the molecule is Cc1ccccc1OCC(=O)NC[C@H](c1cccn1C)N1CCOCC1. The van der Waals surface area contributed by atoms with Gasteiger partial charge in [0.05, 0.1) is 19.3 Å². The van der Waals surface area contributed by atoms with Gasteiger partial charge in [-0.15, -0.1) is 0 Å². The van der Waals surface area contributed by atoms with Crippen molar-refractivity contribution < 1.29 is 14.3 Å². The molecule has 1 amide bonds. The van der Waals surface area contributed by atoms with Crippen LogP contribution < -0.4 is 10.1 Å². The fourth-order valence-corrected chi connectivity index (χ4v) is 3.25. The van der Waals surface area contributed by atoms with Gasteiger partial charge in [0.15, 0.2) is 6.61 Å². The maximum Gasteiger partial charge on any atom is 0.258 e. The first-order valence-electron chi connectivity index (χ1n) is 9.03. The van der Waals surface area contributed by atoms with Crippen LogP contribution in [0.3, 0.4) is 0 Å². The molecule has 0 bridgehead atoms. The molecule has 2 heterocycles. The van der Waals surface area contributed by atoms with Gasteiger partial charge in [0, 0.05) is 38.6 Å². The van der Waals surface area contributed by atoms with Crippen molar-refractivity contribution in [3.63, 3.8) is 0 Å². The van der Waals surface area contributed by atoms with E-state index in [2.05, 4.69) is 20.9 Å². The first-order valence-corrected chi connectivity index (χ1v) is 9.03. The third-order valence-electron chi connectivity index (χ3n) is 4.76. The Bertz CT molecular complexity index is 723. The van der Waals surface area contributed by atoms with Crippen molar-refractivity contribution in [1.29, 1.82) is 0 Å². The van der Waals surface area contributed by atoms with Crippen LogP contribution in [0.1, 0.15) is 17.3 Å². The number of rotatable bonds is 7. The van der Waals surface area contributed by atoms with Crippen molar-refractivity contribution in [2.45, 2.75) is 13.0 Å². The molecule has 1 saturated heterocycles. The van der Waals surface area contributed by atoms with Crippen LogP contribution in [0.15, 0.2) is 42.6 Å². The topological polar surface area (TPSA) is 55.7 Å². The number of morpholine rings is 1. The molecule has 0 aliphatic carbocycles. The van der Waals surface area contributed by atoms with E-state index in [1.54, 1.807) is 0 Å². The van der Waals surface area contributed by atoms with Gasteiger partial charge in [0.2, 0.25) is 0 Å². The molecule has 3 rings (SSSR count). The van der Waals surface area contributed by atoms with Crippen molar-refractivity contribution >= 4 is 5.91 Å².